The number of hydrogen-bond donors (Lipinski definition) is 2. The Bertz CT molecular complexity index is 1240. The molecule has 2 N–H and O–H groups in total. The third kappa shape index (κ3) is 4.06. The van der Waals surface area contributed by atoms with Crippen LogP contribution in [0.4, 0.5) is 0 Å². The number of H-pyrrole nitrogens is 1. The van der Waals surface area contributed by atoms with E-state index in [-0.39, 0.29) is 21.5 Å². The summed E-state index contributed by atoms with van der Waals surface area (Å²) in [5, 5.41) is 4.00. The lowest BCUT2D eigenvalue weighted by molar-refractivity contribution is -0.133. The van der Waals surface area contributed by atoms with Crippen molar-refractivity contribution in [3.63, 3.8) is 0 Å². The Kier molecular flexibility index (Phi) is 6.13. The van der Waals surface area contributed by atoms with Gasteiger partial charge < -0.3 is 19.9 Å². The van der Waals surface area contributed by atoms with Crippen molar-refractivity contribution in [2.45, 2.75) is 25.9 Å². The summed E-state index contributed by atoms with van der Waals surface area (Å²) in [4.78, 5) is 42.7. The molecular weight excluding hydrogens is 453 g/mol. The van der Waals surface area contributed by atoms with E-state index in [0.29, 0.717) is 25.1 Å². The van der Waals surface area contributed by atoms with Gasteiger partial charge in [-0.3, -0.25) is 9.59 Å². The third-order valence-corrected chi connectivity index (χ3v) is 6.44. The van der Waals surface area contributed by atoms with Crippen LogP contribution in [-0.4, -0.2) is 47.4 Å². The third-order valence-electron chi connectivity index (χ3n) is 5.62. The van der Waals surface area contributed by atoms with Crippen molar-refractivity contribution in [1.29, 1.82) is 0 Å². The molecule has 2 amide bonds. The Morgan fingerprint density at radius 1 is 1.19 bits per heavy atom. The molecule has 7 nitrogen and oxygen atoms in total. The molecule has 0 radical (unpaired) electrons. The van der Waals surface area contributed by atoms with Gasteiger partial charge in [0.25, 0.3) is 5.91 Å². The summed E-state index contributed by atoms with van der Waals surface area (Å²) in [6.45, 7) is 2.52. The predicted octanol–water partition coefficient (Wildman–Crippen LogP) is 3.96. The first kappa shape index (κ1) is 22.2. The van der Waals surface area contributed by atoms with Crippen LogP contribution in [0.1, 0.15) is 38.9 Å². The number of nitrogens with one attached hydrogen (secondary N) is 2. The van der Waals surface area contributed by atoms with Gasteiger partial charge in [0.15, 0.2) is 0 Å². The second-order valence-electron chi connectivity index (χ2n) is 7.64. The van der Waals surface area contributed by atoms with Crippen molar-refractivity contribution in [3.05, 3.63) is 68.8 Å². The van der Waals surface area contributed by atoms with E-state index in [1.54, 1.807) is 42.2 Å². The largest absolute Gasteiger partial charge is 0.465 e. The van der Waals surface area contributed by atoms with Crippen LogP contribution in [0.15, 0.2) is 36.4 Å². The standard InChI is InChI=1S/C23H21Cl2N3O4/c1-12(26-21(29)14-4-3-5-17(24)20(14)25)22(30)28-9-8-19-16(11-28)15-10-13(23(31)32-2)6-7-18(15)27-19/h3-7,10,12,27H,8-9,11H2,1-2H3,(H,26,29). The van der Waals surface area contributed by atoms with Crippen molar-refractivity contribution in [1.82, 2.24) is 15.2 Å². The van der Waals surface area contributed by atoms with Gasteiger partial charge in [0, 0.05) is 41.7 Å². The summed E-state index contributed by atoms with van der Waals surface area (Å²) in [5.41, 5.74) is 3.56. The number of amides is 2. The summed E-state index contributed by atoms with van der Waals surface area (Å²) in [6, 6.07) is 9.33. The molecule has 0 spiro atoms. The van der Waals surface area contributed by atoms with Crippen molar-refractivity contribution in [3.8, 4) is 0 Å². The molecule has 0 saturated carbocycles. The van der Waals surface area contributed by atoms with E-state index in [1.807, 2.05) is 6.07 Å². The Balaban J connectivity index is 1.52. The van der Waals surface area contributed by atoms with Gasteiger partial charge >= 0.3 is 5.97 Å². The van der Waals surface area contributed by atoms with Gasteiger partial charge in [0.1, 0.15) is 6.04 Å². The van der Waals surface area contributed by atoms with Gasteiger partial charge in [-0.1, -0.05) is 29.3 Å². The lowest BCUT2D eigenvalue weighted by Gasteiger charge is -2.30. The number of carbonyl (C=O) groups is 3. The van der Waals surface area contributed by atoms with Crippen molar-refractivity contribution >= 4 is 51.9 Å². The van der Waals surface area contributed by atoms with Gasteiger partial charge in [-0.25, -0.2) is 4.79 Å². The number of hydrogen-bond acceptors (Lipinski definition) is 4. The summed E-state index contributed by atoms with van der Waals surface area (Å²) in [5.74, 6) is -1.09. The Labute approximate surface area is 194 Å². The molecule has 1 aliphatic rings. The molecule has 0 saturated heterocycles. The minimum atomic E-state index is -0.755. The van der Waals surface area contributed by atoms with Gasteiger partial charge in [0.2, 0.25) is 5.91 Å². The number of benzene rings is 2. The normalized spacial score (nSPS) is 14.1. The average molecular weight is 474 g/mol. The maximum absolute atomic E-state index is 13.1. The minimum Gasteiger partial charge on any atom is -0.465 e. The minimum absolute atomic E-state index is 0.147. The fourth-order valence-corrected chi connectivity index (χ4v) is 4.32. The fraction of sp³-hybridized carbons (Fsp3) is 0.261. The van der Waals surface area contributed by atoms with E-state index in [2.05, 4.69) is 10.3 Å². The lowest BCUT2D eigenvalue weighted by Crippen LogP contribution is -2.48. The number of fused-ring (bicyclic) bond motifs is 3. The molecule has 1 atom stereocenters. The Morgan fingerprint density at radius 2 is 1.97 bits per heavy atom. The van der Waals surface area contributed by atoms with E-state index in [1.165, 1.54) is 7.11 Å². The highest BCUT2D eigenvalue weighted by atomic mass is 35.5. The summed E-state index contributed by atoms with van der Waals surface area (Å²) < 4.78 is 4.81. The molecule has 0 bridgehead atoms. The average Bonchev–Trinajstić information content (AvgIpc) is 3.16. The molecule has 3 aromatic rings. The predicted molar refractivity (Wildman–Crippen MR) is 122 cm³/mol. The molecule has 2 heterocycles. The van der Waals surface area contributed by atoms with Crippen LogP contribution in [-0.2, 0) is 22.5 Å². The number of rotatable bonds is 4. The number of aromatic amines is 1. The molecular formula is C23H21Cl2N3O4. The lowest BCUT2D eigenvalue weighted by atomic mass is 10.0. The molecule has 2 aromatic carbocycles. The van der Waals surface area contributed by atoms with Crippen LogP contribution in [0.3, 0.4) is 0 Å². The molecule has 32 heavy (non-hydrogen) atoms. The maximum atomic E-state index is 13.1. The van der Waals surface area contributed by atoms with Gasteiger partial charge in [0.05, 0.1) is 28.3 Å². The first-order valence-corrected chi connectivity index (χ1v) is 10.8. The number of ether oxygens (including phenoxy) is 1. The molecule has 0 fully saturated rings. The molecule has 9 heteroatoms. The Hall–Kier alpha value is -3.03. The van der Waals surface area contributed by atoms with Crippen LogP contribution in [0, 0.1) is 0 Å². The quantitative estimate of drug-likeness (QED) is 0.560. The summed E-state index contributed by atoms with van der Waals surface area (Å²) in [6.07, 6.45) is 0.643. The topological polar surface area (TPSA) is 91.5 Å². The number of nitrogens with zero attached hydrogens (tertiary/aromatic N) is 1. The monoisotopic (exact) mass is 473 g/mol. The van der Waals surface area contributed by atoms with Gasteiger partial charge in [-0.05, 0) is 37.3 Å². The Morgan fingerprint density at radius 3 is 2.72 bits per heavy atom. The highest BCUT2D eigenvalue weighted by Gasteiger charge is 2.28. The fourth-order valence-electron chi connectivity index (χ4n) is 3.94. The van der Waals surface area contributed by atoms with Crippen LogP contribution in [0.5, 0.6) is 0 Å². The number of esters is 1. The zero-order chi connectivity index (χ0) is 23.0. The van der Waals surface area contributed by atoms with Gasteiger partial charge in [-0.15, -0.1) is 0 Å². The molecule has 1 unspecified atom stereocenters. The maximum Gasteiger partial charge on any atom is 0.337 e. The molecule has 1 aromatic heterocycles. The second kappa shape index (κ2) is 8.84. The van der Waals surface area contributed by atoms with Gasteiger partial charge in [-0.2, -0.15) is 0 Å². The van der Waals surface area contributed by atoms with E-state index in [9.17, 15) is 14.4 Å². The van der Waals surface area contributed by atoms with Crippen molar-refractivity contribution in [2.75, 3.05) is 13.7 Å². The first-order chi connectivity index (χ1) is 15.3. The highest BCUT2D eigenvalue weighted by Crippen LogP contribution is 2.29. The molecule has 0 aliphatic carbocycles. The number of halogens is 2. The molecule has 166 valence electrons. The molecule has 4 rings (SSSR count). The number of aromatic nitrogens is 1. The van der Waals surface area contributed by atoms with E-state index in [0.717, 1.165) is 22.2 Å². The second-order valence-corrected chi connectivity index (χ2v) is 8.43. The van der Waals surface area contributed by atoms with Crippen LogP contribution < -0.4 is 5.32 Å². The SMILES string of the molecule is COC(=O)c1ccc2[nH]c3c(c2c1)CN(C(=O)C(C)NC(=O)c1cccc(Cl)c1Cl)CC3. The highest BCUT2D eigenvalue weighted by molar-refractivity contribution is 6.43. The van der Waals surface area contributed by atoms with E-state index >= 15 is 0 Å². The van der Waals surface area contributed by atoms with Crippen molar-refractivity contribution < 1.29 is 19.1 Å². The zero-order valence-corrected chi connectivity index (χ0v) is 19.0. The molecule has 1 aliphatic heterocycles. The smallest absolute Gasteiger partial charge is 0.337 e. The van der Waals surface area contributed by atoms with E-state index < -0.39 is 17.9 Å². The van der Waals surface area contributed by atoms with Crippen molar-refractivity contribution in [2.24, 2.45) is 0 Å². The van der Waals surface area contributed by atoms with E-state index in [4.69, 9.17) is 27.9 Å². The number of methoxy groups -OCH3 is 1. The summed E-state index contributed by atoms with van der Waals surface area (Å²) >= 11 is 12.1. The zero-order valence-electron chi connectivity index (χ0n) is 17.5. The first-order valence-electron chi connectivity index (χ1n) is 10.1. The van der Waals surface area contributed by atoms with Crippen LogP contribution >= 0.6 is 23.2 Å². The number of carbonyl (C=O) groups excluding carboxylic acids is 3. The van der Waals surface area contributed by atoms with Crippen LogP contribution in [0.25, 0.3) is 10.9 Å². The summed E-state index contributed by atoms with van der Waals surface area (Å²) in [7, 11) is 1.34. The van der Waals surface area contributed by atoms with Crippen LogP contribution in [0.2, 0.25) is 10.0 Å².